The van der Waals surface area contributed by atoms with Crippen molar-refractivity contribution in [3.63, 3.8) is 0 Å². The lowest BCUT2D eigenvalue weighted by Gasteiger charge is -2.45. The maximum Gasteiger partial charge on any atom is 0.161 e. The molecule has 0 aliphatic carbocycles. The molecule has 0 amide bonds. The summed E-state index contributed by atoms with van der Waals surface area (Å²) in [4.78, 5) is 0. The summed E-state index contributed by atoms with van der Waals surface area (Å²) in [6.07, 6.45) is 3.21. The van der Waals surface area contributed by atoms with E-state index in [2.05, 4.69) is 55.6 Å². The summed E-state index contributed by atoms with van der Waals surface area (Å²) in [5.74, 6) is 1.53. The summed E-state index contributed by atoms with van der Waals surface area (Å²) >= 11 is 0. The predicted molar refractivity (Wildman–Crippen MR) is 113 cm³/mol. The second-order valence-corrected chi connectivity index (χ2v) is 8.30. The highest BCUT2D eigenvalue weighted by molar-refractivity contribution is 5.42. The Morgan fingerprint density at radius 2 is 1.75 bits per heavy atom. The molecule has 1 atom stereocenters. The van der Waals surface area contributed by atoms with Crippen LogP contribution in [0.4, 0.5) is 0 Å². The summed E-state index contributed by atoms with van der Waals surface area (Å²) in [7, 11) is 3.33. The van der Waals surface area contributed by atoms with Gasteiger partial charge in [-0.1, -0.05) is 36.4 Å². The molecule has 28 heavy (non-hydrogen) atoms. The molecule has 0 bridgehead atoms. The minimum Gasteiger partial charge on any atom is -0.493 e. The van der Waals surface area contributed by atoms with Crippen molar-refractivity contribution in [2.24, 2.45) is 0 Å². The van der Waals surface area contributed by atoms with E-state index in [4.69, 9.17) is 14.2 Å². The van der Waals surface area contributed by atoms with Crippen molar-refractivity contribution in [1.29, 1.82) is 0 Å². The Labute approximate surface area is 169 Å². The molecule has 1 heterocycles. The highest BCUT2D eigenvalue weighted by Gasteiger charge is 2.41. The SMILES string of the molecule is COc1ccc(CNCC[C@@]2(c3ccccc3)CCOC(C)(C)C2)cc1OC. The fourth-order valence-electron chi connectivity index (χ4n) is 4.42. The van der Waals surface area contributed by atoms with E-state index < -0.39 is 0 Å². The van der Waals surface area contributed by atoms with Crippen LogP contribution in [0.3, 0.4) is 0 Å². The van der Waals surface area contributed by atoms with Gasteiger partial charge in [0.25, 0.3) is 0 Å². The van der Waals surface area contributed by atoms with Crippen molar-refractivity contribution >= 4 is 0 Å². The molecule has 0 radical (unpaired) electrons. The quantitative estimate of drug-likeness (QED) is 0.670. The smallest absolute Gasteiger partial charge is 0.161 e. The van der Waals surface area contributed by atoms with E-state index in [-0.39, 0.29) is 11.0 Å². The van der Waals surface area contributed by atoms with E-state index in [9.17, 15) is 0 Å². The predicted octanol–water partition coefficient (Wildman–Crippen LogP) is 4.71. The summed E-state index contributed by atoms with van der Waals surface area (Å²) < 4.78 is 16.7. The second kappa shape index (κ2) is 8.97. The lowest BCUT2D eigenvalue weighted by molar-refractivity contribution is -0.0840. The van der Waals surface area contributed by atoms with E-state index >= 15 is 0 Å². The van der Waals surface area contributed by atoms with Gasteiger partial charge in [0.1, 0.15) is 0 Å². The first-order valence-electron chi connectivity index (χ1n) is 10.1. The first-order chi connectivity index (χ1) is 13.5. The van der Waals surface area contributed by atoms with Gasteiger partial charge in [-0.15, -0.1) is 0 Å². The number of rotatable bonds is 8. The monoisotopic (exact) mass is 383 g/mol. The molecule has 2 aromatic rings. The third-order valence-corrected chi connectivity index (χ3v) is 5.78. The highest BCUT2D eigenvalue weighted by Crippen LogP contribution is 2.43. The van der Waals surface area contributed by atoms with Gasteiger partial charge in [-0.25, -0.2) is 0 Å². The topological polar surface area (TPSA) is 39.7 Å². The molecule has 4 nitrogen and oxygen atoms in total. The van der Waals surface area contributed by atoms with Gasteiger partial charge in [-0.2, -0.15) is 0 Å². The van der Waals surface area contributed by atoms with Crippen LogP contribution >= 0.6 is 0 Å². The standard InChI is InChI=1S/C24H33NO3/c1-23(2)18-24(13-15-28-23,20-8-6-5-7-9-20)12-14-25-17-19-10-11-21(26-3)22(16-19)27-4/h5-11,16,25H,12-15,17-18H2,1-4H3/t24-/m1/s1. The van der Waals surface area contributed by atoms with E-state index in [0.717, 1.165) is 50.5 Å². The molecule has 0 aromatic heterocycles. The minimum atomic E-state index is -0.0859. The summed E-state index contributed by atoms with van der Waals surface area (Å²) in [6, 6.07) is 17.0. The lowest BCUT2D eigenvalue weighted by Crippen LogP contribution is -2.45. The molecule has 0 spiro atoms. The van der Waals surface area contributed by atoms with Gasteiger partial charge in [-0.3, -0.25) is 0 Å². The van der Waals surface area contributed by atoms with Crippen LogP contribution in [0.25, 0.3) is 0 Å². The van der Waals surface area contributed by atoms with Gasteiger partial charge in [0.15, 0.2) is 11.5 Å². The largest absolute Gasteiger partial charge is 0.493 e. The van der Waals surface area contributed by atoms with Gasteiger partial charge in [0.2, 0.25) is 0 Å². The van der Waals surface area contributed by atoms with E-state index in [0.29, 0.717) is 0 Å². The third-order valence-electron chi connectivity index (χ3n) is 5.78. The first kappa shape index (κ1) is 20.7. The molecule has 1 aliphatic heterocycles. The third kappa shape index (κ3) is 4.86. The second-order valence-electron chi connectivity index (χ2n) is 8.30. The average Bonchev–Trinajstić information content (AvgIpc) is 2.71. The molecular weight excluding hydrogens is 350 g/mol. The maximum absolute atomic E-state index is 6.02. The van der Waals surface area contributed by atoms with Gasteiger partial charge < -0.3 is 19.5 Å². The van der Waals surface area contributed by atoms with Crippen LogP contribution in [0.15, 0.2) is 48.5 Å². The minimum absolute atomic E-state index is 0.0859. The Morgan fingerprint density at radius 1 is 1.00 bits per heavy atom. The molecule has 4 heteroatoms. The number of methoxy groups -OCH3 is 2. The van der Waals surface area contributed by atoms with Gasteiger partial charge in [0.05, 0.1) is 19.8 Å². The maximum atomic E-state index is 6.02. The van der Waals surface area contributed by atoms with Crippen molar-refractivity contribution in [2.75, 3.05) is 27.4 Å². The van der Waals surface area contributed by atoms with Crippen molar-refractivity contribution < 1.29 is 14.2 Å². The molecule has 0 saturated carbocycles. The van der Waals surface area contributed by atoms with Crippen LogP contribution in [0, 0.1) is 0 Å². The highest BCUT2D eigenvalue weighted by atomic mass is 16.5. The lowest BCUT2D eigenvalue weighted by atomic mass is 9.67. The fourth-order valence-corrected chi connectivity index (χ4v) is 4.42. The molecular formula is C24H33NO3. The molecule has 152 valence electrons. The summed E-state index contributed by atoms with van der Waals surface area (Å²) in [5, 5.41) is 3.62. The average molecular weight is 384 g/mol. The van der Waals surface area contributed by atoms with Crippen LogP contribution in [-0.4, -0.2) is 33.0 Å². The Kier molecular flexibility index (Phi) is 6.63. The molecule has 1 N–H and O–H groups in total. The first-order valence-corrected chi connectivity index (χ1v) is 10.1. The molecule has 2 aromatic carbocycles. The molecule has 1 fully saturated rings. The molecule has 1 saturated heterocycles. The van der Waals surface area contributed by atoms with Crippen LogP contribution in [0.5, 0.6) is 11.5 Å². The van der Waals surface area contributed by atoms with E-state index in [1.165, 1.54) is 11.1 Å². The number of hydrogen-bond donors (Lipinski definition) is 1. The Morgan fingerprint density at radius 3 is 2.43 bits per heavy atom. The molecule has 1 aliphatic rings. The zero-order valence-corrected chi connectivity index (χ0v) is 17.6. The number of benzene rings is 2. The Hall–Kier alpha value is -2.04. The van der Waals surface area contributed by atoms with E-state index in [1.54, 1.807) is 14.2 Å². The number of nitrogens with one attached hydrogen (secondary N) is 1. The molecule has 3 rings (SSSR count). The zero-order valence-electron chi connectivity index (χ0n) is 17.6. The number of hydrogen-bond acceptors (Lipinski definition) is 4. The zero-order chi connectivity index (χ0) is 20.0. The van der Waals surface area contributed by atoms with Crippen molar-refractivity contribution in [3.05, 3.63) is 59.7 Å². The van der Waals surface area contributed by atoms with Crippen LogP contribution in [0.1, 0.15) is 44.2 Å². The van der Waals surface area contributed by atoms with E-state index in [1.807, 2.05) is 12.1 Å². The Bertz CT molecular complexity index is 760. The number of ether oxygens (including phenoxy) is 3. The van der Waals surface area contributed by atoms with Gasteiger partial charge in [-0.05, 0) is 62.9 Å². The summed E-state index contributed by atoms with van der Waals surface area (Å²) in [6.45, 7) is 7.00. The van der Waals surface area contributed by atoms with Gasteiger partial charge in [0, 0.05) is 18.6 Å². The van der Waals surface area contributed by atoms with Gasteiger partial charge >= 0.3 is 0 Å². The van der Waals surface area contributed by atoms with Crippen LogP contribution in [-0.2, 0) is 16.7 Å². The van der Waals surface area contributed by atoms with Crippen molar-refractivity contribution in [2.45, 2.75) is 50.7 Å². The van der Waals surface area contributed by atoms with Crippen LogP contribution in [0.2, 0.25) is 0 Å². The summed E-state index contributed by atoms with van der Waals surface area (Å²) in [5.41, 5.74) is 2.70. The fraction of sp³-hybridized carbons (Fsp3) is 0.500. The molecule has 0 unspecified atom stereocenters. The van der Waals surface area contributed by atoms with Crippen LogP contribution < -0.4 is 14.8 Å². The normalized spacial score (nSPS) is 21.3. The Balaban J connectivity index is 1.65. The van der Waals surface area contributed by atoms with Crippen molar-refractivity contribution in [1.82, 2.24) is 5.32 Å². The van der Waals surface area contributed by atoms with Crippen molar-refractivity contribution in [3.8, 4) is 11.5 Å².